The lowest BCUT2D eigenvalue weighted by Gasteiger charge is -2.29. The van der Waals surface area contributed by atoms with Gasteiger partial charge >= 0.3 is 11.9 Å². The van der Waals surface area contributed by atoms with E-state index in [0.717, 1.165) is 6.92 Å². The Morgan fingerprint density at radius 2 is 1.27 bits per heavy atom. The van der Waals surface area contributed by atoms with Gasteiger partial charge in [0.25, 0.3) is 0 Å². The van der Waals surface area contributed by atoms with Crippen molar-refractivity contribution >= 4 is 65.1 Å². The van der Waals surface area contributed by atoms with Crippen molar-refractivity contribution in [1.29, 1.82) is 0 Å². The van der Waals surface area contributed by atoms with Gasteiger partial charge in [-0.3, -0.25) is 47.9 Å². The number of aliphatic hydroxyl groups is 3. The molecule has 1 fully saturated rings. The molecule has 374 valence electrons. The number of nitrogens with one attached hydrogen (secondary N) is 9. The van der Waals surface area contributed by atoms with Gasteiger partial charge in [0.1, 0.15) is 48.3 Å². The maximum absolute atomic E-state index is 13.3. The molecule has 16 N–H and O–H groups in total. The molecule has 28 nitrogen and oxygen atoms in total. The zero-order valence-corrected chi connectivity index (χ0v) is 37.7. The number of nitrogens with zero attached hydrogens (tertiary/aromatic N) is 2. The summed E-state index contributed by atoms with van der Waals surface area (Å²) in [6.45, 7) is 6.33. The zero-order chi connectivity index (χ0) is 50.9. The molecule has 1 aliphatic heterocycles. The van der Waals surface area contributed by atoms with Crippen molar-refractivity contribution in [2.45, 2.75) is 134 Å². The number of likely N-dealkylation sites (tertiary alicyclic amines) is 1. The molecule has 1 aromatic heterocycles. The molecule has 0 unspecified atom stereocenters. The minimum Gasteiger partial charge on any atom is -0.481 e. The van der Waals surface area contributed by atoms with Crippen LogP contribution in [0, 0.1) is 5.92 Å². The molecule has 9 amide bonds. The summed E-state index contributed by atoms with van der Waals surface area (Å²) in [7, 11) is 0. The summed E-state index contributed by atoms with van der Waals surface area (Å²) in [4.78, 5) is 148. The van der Waals surface area contributed by atoms with Gasteiger partial charge in [0.2, 0.25) is 53.2 Å². The van der Waals surface area contributed by atoms with Crippen LogP contribution in [0.25, 0.3) is 0 Å². The summed E-state index contributed by atoms with van der Waals surface area (Å²) in [6, 6.07) is -11.9. The Bertz CT molecular complexity index is 1950. The number of aliphatic carboxylic acids is 2. The number of hydrogen-bond donors (Lipinski definition) is 15. The predicted molar refractivity (Wildman–Crippen MR) is 228 cm³/mol. The second-order valence-corrected chi connectivity index (χ2v) is 16.3. The molecule has 0 aromatic carbocycles. The number of aromatic nitrogens is 2. The minimum atomic E-state index is -1.87. The first-order valence-electron chi connectivity index (χ1n) is 21.1. The number of H-pyrrole nitrogens is 1. The van der Waals surface area contributed by atoms with Crippen molar-refractivity contribution in [2.75, 3.05) is 19.6 Å². The number of imidazole rings is 1. The Labute approximate surface area is 383 Å². The van der Waals surface area contributed by atoms with Crippen LogP contribution in [0.5, 0.6) is 0 Å². The summed E-state index contributed by atoms with van der Waals surface area (Å²) in [5.74, 6) is -12.3. The first kappa shape index (κ1) is 56.3. The number of aliphatic hydroxyl groups excluding tert-OH is 3. The quantitative estimate of drug-likeness (QED) is 0.0410. The van der Waals surface area contributed by atoms with Crippen LogP contribution >= 0.6 is 0 Å². The van der Waals surface area contributed by atoms with Gasteiger partial charge in [0.05, 0.1) is 44.1 Å². The van der Waals surface area contributed by atoms with E-state index in [-0.39, 0.29) is 19.4 Å². The lowest BCUT2D eigenvalue weighted by Crippen LogP contribution is -2.60. The fourth-order valence-electron chi connectivity index (χ4n) is 6.44. The number of carboxylic acids is 2. The van der Waals surface area contributed by atoms with Gasteiger partial charge in [-0.25, -0.2) is 9.78 Å². The second-order valence-electron chi connectivity index (χ2n) is 16.3. The van der Waals surface area contributed by atoms with E-state index in [0.29, 0.717) is 12.1 Å². The highest BCUT2D eigenvalue weighted by Crippen LogP contribution is 2.19. The third-order valence-corrected chi connectivity index (χ3v) is 10.3. The molecule has 2 heterocycles. The van der Waals surface area contributed by atoms with Crippen molar-refractivity contribution in [3.63, 3.8) is 0 Å². The average Bonchev–Trinajstić information content (AvgIpc) is 3.96. The maximum Gasteiger partial charge on any atom is 0.326 e. The van der Waals surface area contributed by atoms with Crippen LogP contribution < -0.4 is 48.3 Å². The molecule has 11 atom stereocenters. The van der Waals surface area contributed by atoms with Gasteiger partial charge in [-0.15, -0.1) is 0 Å². The van der Waals surface area contributed by atoms with Gasteiger partial charge in [0.15, 0.2) is 0 Å². The number of nitrogens with two attached hydrogens (primary N) is 1. The van der Waals surface area contributed by atoms with Gasteiger partial charge in [-0.1, -0.05) is 13.8 Å². The molecular formula is C39H62N12O16. The Balaban J connectivity index is 2.07. The van der Waals surface area contributed by atoms with E-state index in [1.165, 1.54) is 52.0 Å². The van der Waals surface area contributed by atoms with Crippen LogP contribution in [0.4, 0.5) is 0 Å². The van der Waals surface area contributed by atoms with E-state index < -0.39 is 157 Å². The Kier molecular flexibility index (Phi) is 22.2. The van der Waals surface area contributed by atoms with Crippen LogP contribution in [0.15, 0.2) is 12.5 Å². The molecule has 0 spiro atoms. The standard InChI is InChI=1S/C39H62N12O16/c1-16(2)29(39(66)67)49-37(64)31(20(6)54)48-26(56)14-42-33(60)22(10-21-12-41-15-44-21)46-25(55)13-43-36(63)30(19(5)53)50-34(61)23(11-27(57)58)47-32(59)17(3)45-35(62)24-8-7-9-51(24)38(65)28(40)18(4)52/h12,15-20,22-24,28-31,52-54H,7-11,13-14,40H2,1-6H3,(H,41,44)(H,42,60)(H,43,63)(H,45,62)(H,46,55)(H,47,59)(H,48,56)(H,49,64)(H,50,61)(H,57,58)(H,66,67)/t17-,18+,19+,20+,22-,23-,24-,28-,29-,30-,31-/m0/s1. The van der Waals surface area contributed by atoms with E-state index in [1.807, 2.05) is 0 Å². The Morgan fingerprint density at radius 3 is 1.79 bits per heavy atom. The Morgan fingerprint density at radius 1 is 0.701 bits per heavy atom. The number of carbonyl (C=O) groups excluding carboxylic acids is 9. The maximum atomic E-state index is 13.3. The normalized spacial score (nSPS) is 17.9. The third kappa shape index (κ3) is 17.9. The lowest BCUT2D eigenvalue weighted by atomic mass is 10.0. The van der Waals surface area contributed by atoms with Crippen LogP contribution in [0.1, 0.15) is 66.5 Å². The van der Waals surface area contributed by atoms with E-state index in [9.17, 15) is 78.3 Å². The molecule has 0 bridgehead atoms. The highest BCUT2D eigenvalue weighted by atomic mass is 16.4. The predicted octanol–water partition coefficient (Wildman–Crippen LogP) is -7.21. The average molecular weight is 955 g/mol. The zero-order valence-electron chi connectivity index (χ0n) is 37.7. The summed E-state index contributed by atoms with van der Waals surface area (Å²) in [6.07, 6.45) is -2.41. The summed E-state index contributed by atoms with van der Waals surface area (Å²) in [5, 5.41) is 67.0. The molecule has 1 saturated heterocycles. The molecule has 1 aromatic rings. The monoisotopic (exact) mass is 954 g/mol. The van der Waals surface area contributed by atoms with Crippen molar-refractivity contribution < 1.29 is 78.3 Å². The summed E-state index contributed by atoms with van der Waals surface area (Å²) in [5.41, 5.74) is 6.08. The van der Waals surface area contributed by atoms with Crippen LogP contribution in [-0.2, 0) is 59.2 Å². The van der Waals surface area contributed by atoms with Crippen LogP contribution in [-0.4, -0.2) is 192 Å². The van der Waals surface area contributed by atoms with E-state index in [1.54, 1.807) is 0 Å². The number of aromatic amines is 1. The molecule has 0 aliphatic carbocycles. The molecule has 2 rings (SSSR count). The van der Waals surface area contributed by atoms with Crippen molar-refractivity contribution in [3.8, 4) is 0 Å². The van der Waals surface area contributed by atoms with Crippen LogP contribution in [0.3, 0.4) is 0 Å². The highest BCUT2D eigenvalue weighted by Gasteiger charge is 2.39. The number of amides is 9. The van der Waals surface area contributed by atoms with E-state index in [2.05, 4.69) is 52.5 Å². The number of carbonyl (C=O) groups is 11. The molecule has 67 heavy (non-hydrogen) atoms. The molecule has 0 saturated carbocycles. The first-order valence-corrected chi connectivity index (χ1v) is 21.1. The smallest absolute Gasteiger partial charge is 0.326 e. The second kappa shape index (κ2) is 26.4. The molecule has 28 heteroatoms. The molecule has 1 aliphatic rings. The van der Waals surface area contributed by atoms with Crippen molar-refractivity contribution in [2.24, 2.45) is 11.7 Å². The minimum absolute atomic E-state index is 0.157. The lowest BCUT2D eigenvalue weighted by molar-refractivity contribution is -0.144. The summed E-state index contributed by atoms with van der Waals surface area (Å²) >= 11 is 0. The van der Waals surface area contributed by atoms with Crippen molar-refractivity contribution in [3.05, 3.63) is 18.2 Å². The van der Waals surface area contributed by atoms with Gasteiger partial charge in [-0.05, 0) is 46.5 Å². The van der Waals surface area contributed by atoms with Gasteiger partial charge in [-0.2, -0.15) is 0 Å². The SMILES string of the molecule is CC(C)[C@H](NC(=O)[C@@H](NC(=O)CNC(=O)[C@H](Cc1cnc[nH]1)NC(=O)CNC(=O)[C@@H](NC(=O)[C@H](CC(=O)O)NC(=O)[C@H](C)NC(=O)[C@@H]1CCCN1C(=O)[C@@H](N)[C@@H](C)O)[C@@H](C)O)[C@@H](C)O)C(=O)O. The fraction of sp³-hybridized carbons (Fsp3) is 0.641. The van der Waals surface area contributed by atoms with Gasteiger partial charge in [0, 0.05) is 24.9 Å². The first-order chi connectivity index (χ1) is 31.2. The Hall–Kier alpha value is -6.78. The fourth-order valence-corrected chi connectivity index (χ4v) is 6.44. The third-order valence-electron chi connectivity index (χ3n) is 10.3. The topological polar surface area (TPSA) is 443 Å². The van der Waals surface area contributed by atoms with E-state index >= 15 is 0 Å². The highest BCUT2D eigenvalue weighted by molar-refractivity contribution is 5.98. The molecular weight excluding hydrogens is 892 g/mol. The van der Waals surface area contributed by atoms with Crippen molar-refractivity contribution in [1.82, 2.24) is 57.4 Å². The number of carboxylic acid groups (broad SMARTS) is 2. The van der Waals surface area contributed by atoms with Crippen LogP contribution in [0.2, 0.25) is 0 Å². The number of hydrogen-bond acceptors (Lipinski definition) is 16. The largest absolute Gasteiger partial charge is 0.481 e. The number of rotatable bonds is 26. The molecule has 0 radical (unpaired) electrons. The van der Waals surface area contributed by atoms with E-state index in [4.69, 9.17) is 5.73 Å². The summed E-state index contributed by atoms with van der Waals surface area (Å²) < 4.78 is 0. The van der Waals surface area contributed by atoms with Gasteiger partial charge < -0.3 is 83.7 Å².